The van der Waals surface area contributed by atoms with Crippen molar-refractivity contribution in [3.05, 3.63) is 85.5 Å². The summed E-state index contributed by atoms with van der Waals surface area (Å²) in [6.07, 6.45) is 0.538. The fraction of sp³-hybridized carbons (Fsp3) is 0.292. The number of halogens is 1. The summed E-state index contributed by atoms with van der Waals surface area (Å²) in [5.74, 6) is -0.371. The van der Waals surface area contributed by atoms with E-state index in [9.17, 15) is 14.4 Å². The summed E-state index contributed by atoms with van der Waals surface area (Å²) in [6.45, 7) is 2.55. The van der Waals surface area contributed by atoms with Crippen LogP contribution >= 0.6 is 11.6 Å². The third-order valence-corrected chi connectivity index (χ3v) is 5.78. The highest BCUT2D eigenvalue weighted by molar-refractivity contribution is 6.31. The number of anilines is 3. The topological polar surface area (TPSA) is 122 Å². The standard InChI is InChI=1S/C24H28ClN5O4/c1-16-18(25)10-6-11-19(16)27-20(31)15-29(12-7-13-34-2)21-22(26)30(24(33)28-23(21)32)14-17-8-4-3-5-9-17/h3-6,8-11H,7,12-15,26H2,1-2H3,(H,27,31)(H,28,32,33). The molecule has 0 saturated heterocycles. The Morgan fingerprint density at radius 1 is 1.18 bits per heavy atom. The number of aromatic amines is 1. The first-order valence-corrected chi connectivity index (χ1v) is 11.1. The quantitative estimate of drug-likeness (QED) is 0.379. The number of nitrogen functional groups attached to an aromatic ring is 1. The van der Waals surface area contributed by atoms with Gasteiger partial charge in [-0.2, -0.15) is 0 Å². The molecule has 34 heavy (non-hydrogen) atoms. The lowest BCUT2D eigenvalue weighted by Crippen LogP contribution is -2.42. The van der Waals surface area contributed by atoms with Crippen molar-refractivity contribution in [3.63, 3.8) is 0 Å². The van der Waals surface area contributed by atoms with Crippen molar-refractivity contribution in [1.29, 1.82) is 0 Å². The number of hydrogen-bond donors (Lipinski definition) is 3. The van der Waals surface area contributed by atoms with Crippen molar-refractivity contribution in [3.8, 4) is 0 Å². The maximum Gasteiger partial charge on any atom is 0.330 e. The molecule has 3 rings (SSSR count). The number of benzene rings is 2. The van der Waals surface area contributed by atoms with Gasteiger partial charge in [-0.1, -0.05) is 48.0 Å². The van der Waals surface area contributed by atoms with Crippen LogP contribution in [0.25, 0.3) is 0 Å². The summed E-state index contributed by atoms with van der Waals surface area (Å²) >= 11 is 6.15. The van der Waals surface area contributed by atoms with Crippen LogP contribution in [0.15, 0.2) is 58.1 Å². The fourth-order valence-corrected chi connectivity index (χ4v) is 3.76. The van der Waals surface area contributed by atoms with Gasteiger partial charge >= 0.3 is 5.69 Å². The van der Waals surface area contributed by atoms with E-state index in [2.05, 4.69) is 10.3 Å². The Labute approximate surface area is 202 Å². The van der Waals surface area contributed by atoms with Crippen molar-refractivity contribution >= 4 is 34.7 Å². The smallest absolute Gasteiger partial charge is 0.330 e. The van der Waals surface area contributed by atoms with E-state index in [1.165, 1.54) is 4.57 Å². The highest BCUT2D eigenvalue weighted by Gasteiger charge is 2.21. The molecule has 0 fully saturated rings. The molecular weight excluding hydrogens is 458 g/mol. The zero-order valence-corrected chi connectivity index (χ0v) is 19.9. The van der Waals surface area contributed by atoms with Gasteiger partial charge in [-0.3, -0.25) is 19.1 Å². The number of ether oxygens (including phenoxy) is 1. The Morgan fingerprint density at radius 3 is 2.62 bits per heavy atom. The fourth-order valence-electron chi connectivity index (χ4n) is 3.58. The second-order valence-electron chi connectivity index (χ2n) is 7.79. The Hall–Kier alpha value is -3.56. The number of methoxy groups -OCH3 is 1. The monoisotopic (exact) mass is 485 g/mol. The summed E-state index contributed by atoms with van der Waals surface area (Å²) in [5.41, 5.74) is 7.26. The number of carbonyl (C=O) groups excluding carboxylic acids is 1. The number of aromatic nitrogens is 2. The minimum Gasteiger partial charge on any atom is -0.385 e. The molecule has 2 aromatic carbocycles. The molecule has 10 heteroatoms. The van der Waals surface area contributed by atoms with Crippen LogP contribution < -0.4 is 27.2 Å². The van der Waals surface area contributed by atoms with Crippen molar-refractivity contribution < 1.29 is 9.53 Å². The number of carbonyl (C=O) groups is 1. The van der Waals surface area contributed by atoms with Gasteiger partial charge in [-0.05, 0) is 36.6 Å². The first-order valence-electron chi connectivity index (χ1n) is 10.8. The summed E-state index contributed by atoms with van der Waals surface area (Å²) in [5, 5.41) is 3.36. The molecule has 0 aliphatic carbocycles. The Bertz CT molecular complexity index is 1260. The number of rotatable bonds is 10. The largest absolute Gasteiger partial charge is 0.385 e. The van der Waals surface area contributed by atoms with Crippen molar-refractivity contribution in [2.45, 2.75) is 19.9 Å². The van der Waals surface area contributed by atoms with Crippen LogP contribution in [0.1, 0.15) is 17.5 Å². The van der Waals surface area contributed by atoms with Gasteiger partial charge < -0.3 is 20.7 Å². The van der Waals surface area contributed by atoms with Gasteiger partial charge in [-0.15, -0.1) is 0 Å². The van der Waals surface area contributed by atoms with Gasteiger partial charge in [0.25, 0.3) is 5.56 Å². The van der Waals surface area contributed by atoms with Gasteiger partial charge in [-0.25, -0.2) is 4.79 Å². The van der Waals surface area contributed by atoms with Crippen LogP contribution in [0.3, 0.4) is 0 Å². The third kappa shape index (κ3) is 6.06. The minimum absolute atomic E-state index is 0.0123. The Kier molecular flexibility index (Phi) is 8.50. The average molecular weight is 486 g/mol. The molecular formula is C24H28ClN5O4. The van der Waals surface area contributed by atoms with Crippen LogP contribution in [0, 0.1) is 6.92 Å². The van der Waals surface area contributed by atoms with Gasteiger partial charge in [0.2, 0.25) is 5.91 Å². The first-order chi connectivity index (χ1) is 16.3. The third-order valence-electron chi connectivity index (χ3n) is 5.37. The lowest BCUT2D eigenvalue weighted by molar-refractivity contribution is -0.115. The molecule has 0 aliphatic heterocycles. The highest BCUT2D eigenvalue weighted by Crippen LogP contribution is 2.23. The predicted molar refractivity (Wildman–Crippen MR) is 135 cm³/mol. The van der Waals surface area contributed by atoms with E-state index in [1.54, 1.807) is 37.1 Å². The summed E-state index contributed by atoms with van der Waals surface area (Å²) in [6, 6.07) is 14.5. The Balaban J connectivity index is 1.93. The zero-order chi connectivity index (χ0) is 24.7. The lowest BCUT2D eigenvalue weighted by Gasteiger charge is -2.26. The molecule has 0 atom stereocenters. The second kappa shape index (κ2) is 11.5. The molecule has 1 heterocycles. The van der Waals surface area contributed by atoms with Crippen LogP contribution in [-0.4, -0.2) is 42.3 Å². The normalized spacial score (nSPS) is 10.8. The maximum absolute atomic E-state index is 12.9. The maximum atomic E-state index is 12.9. The number of nitrogens with two attached hydrogens (primary N) is 1. The highest BCUT2D eigenvalue weighted by atomic mass is 35.5. The molecule has 9 nitrogen and oxygen atoms in total. The van der Waals surface area contributed by atoms with E-state index < -0.39 is 11.2 Å². The van der Waals surface area contributed by atoms with Gasteiger partial charge in [0.05, 0.1) is 13.1 Å². The molecule has 4 N–H and O–H groups in total. The Morgan fingerprint density at radius 2 is 1.91 bits per heavy atom. The van der Waals surface area contributed by atoms with Crippen molar-refractivity contribution in [2.24, 2.45) is 0 Å². The van der Waals surface area contributed by atoms with Crippen molar-refractivity contribution in [1.82, 2.24) is 9.55 Å². The molecule has 1 aromatic heterocycles. The lowest BCUT2D eigenvalue weighted by atomic mass is 10.2. The van der Waals surface area contributed by atoms with Gasteiger partial charge in [0, 0.05) is 31.0 Å². The molecule has 0 unspecified atom stereocenters. The van der Waals surface area contributed by atoms with Gasteiger partial charge in [0.1, 0.15) is 11.5 Å². The number of hydrogen-bond acceptors (Lipinski definition) is 6. The average Bonchev–Trinajstić information content (AvgIpc) is 2.80. The zero-order valence-electron chi connectivity index (χ0n) is 19.1. The summed E-state index contributed by atoms with van der Waals surface area (Å²) < 4.78 is 6.41. The van der Waals surface area contributed by atoms with E-state index >= 15 is 0 Å². The van der Waals surface area contributed by atoms with Gasteiger partial charge in [0.15, 0.2) is 0 Å². The summed E-state index contributed by atoms with van der Waals surface area (Å²) in [4.78, 5) is 42.1. The SMILES string of the molecule is COCCCN(CC(=O)Nc1cccc(Cl)c1C)c1c(N)n(Cc2ccccc2)c(=O)[nH]c1=O. The molecule has 0 spiro atoms. The second-order valence-corrected chi connectivity index (χ2v) is 8.20. The van der Waals surface area contributed by atoms with E-state index in [4.69, 9.17) is 22.1 Å². The number of nitrogens with one attached hydrogen (secondary N) is 2. The molecule has 0 aliphatic rings. The van der Waals surface area contributed by atoms with Crippen LogP contribution in [0.2, 0.25) is 5.02 Å². The van der Waals surface area contributed by atoms with E-state index in [0.717, 1.165) is 11.1 Å². The van der Waals surface area contributed by atoms with E-state index in [-0.39, 0.29) is 30.5 Å². The minimum atomic E-state index is -0.657. The molecule has 0 saturated carbocycles. The molecule has 180 valence electrons. The predicted octanol–water partition coefficient (Wildman–Crippen LogP) is 2.61. The van der Waals surface area contributed by atoms with Crippen LogP contribution in [0.5, 0.6) is 0 Å². The number of nitrogens with zero attached hydrogens (tertiary/aromatic N) is 2. The number of amides is 1. The molecule has 3 aromatic rings. The molecule has 1 amide bonds. The van der Waals surface area contributed by atoms with E-state index in [0.29, 0.717) is 30.3 Å². The summed E-state index contributed by atoms with van der Waals surface area (Å²) in [7, 11) is 1.57. The van der Waals surface area contributed by atoms with Crippen LogP contribution in [-0.2, 0) is 16.1 Å². The number of H-pyrrole nitrogens is 1. The van der Waals surface area contributed by atoms with Crippen molar-refractivity contribution in [2.75, 3.05) is 42.8 Å². The molecule has 0 bridgehead atoms. The first kappa shape index (κ1) is 25.1. The molecule has 0 radical (unpaired) electrons. The van der Waals surface area contributed by atoms with E-state index in [1.807, 2.05) is 30.3 Å². The van der Waals surface area contributed by atoms with Crippen LogP contribution in [0.4, 0.5) is 17.2 Å².